The molecule has 4 nitrogen and oxygen atoms in total. The summed E-state index contributed by atoms with van der Waals surface area (Å²) in [6.45, 7) is 0. The molecule has 1 aromatic heterocycles. The van der Waals surface area contributed by atoms with Gasteiger partial charge >= 0.3 is 10.6 Å². The summed E-state index contributed by atoms with van der Waals surface area (Å²) in [7, 11) is 0. The molecular formula is C16H13N2O2S+. The summed E-state index contributed by atoms with van der Waals surface area (Å²) in [5.74, 6) is 0. The number of fused-ring (bicyclic) bond motifs is 3. The van der Waals surface area contributed by atoms with Crippen LogP contribution in [-0.4, -0.2) is 10.1 Å². The van der Waals surface area contributed by atoms with Crippen molar-refractivity contribution >= 4 is 22.8 Å². The average Bonchev–Trinajstić information content (AvgIpc) is 2.87. The molecule has 0 saturated heterocycles. The maximum absolute atomic E-state index is 12.2. The van der Waals surface area contributed by atoms with Gasteiger partial charge in [-0.2, -0.15) is 4.57 Å². The molecule has 104 valence electrons. The zero-order valence-corrected chi connectivity index (χ0v) is 11.9. The number of para-hydroxylation sites is 2. The fourth-order valence-electron chi connectivity index (χ4n) is 2.76. The van der Waals surface area contributed by atoms with Crippen LogP contribution < -0.4 is 10.1 Å². The highest BCUT2D eigenvalue weighted by molar-refractivity contribution is 7.99. The van der Waals surface area contributed by atoms with Crippen molar-refractivity contribution in [3.63, 3.8) is 0 Å². The van der Waals surface area contributed by atoms with Crippen molar-refractivity contribution in [2.45, 2.75) is 16.5 Å². The fourth-order valence-corrected chi connectivity index (χ4v) is 4.01. The van der Waals surface area contributed by atoms with Gasteiger partial charge in [0.25, 0.3) is 6.23 Å². The van der Waals surface area contributed by atoms with Crippen molar-refractivity contribution in [2.75, 3.05) is 0 Å². The molecule has 0 bridgehead atoms. The molecule has 5 heteroatoms. The lowest BCUT2D eigenvalue weighted by Crippen LogP contribution is -2.43. The first-order valence-electron chi connectivity index (χ1n) is 6.72. The van der Waals surface area contributed by atoms with Crippen LogP contribution >= 0.6 is 11.8 Å². The van der Waals surface area contributed by atoms with Gasteiger partial charge in [0.05, 0.1) is 0 Å². The van der Waals surface area contributed by atoms with Crippen LogP contribution in [-0.2, 0) is 0 Å². The monoisotopic (exact) mass is 297 g/mol. The van der Waals surface area contributed by atoms with Crippen LogP contribution in [0, 0.1) is 0 Å². The summed E-state index contributed by atoms with van der Waals surface area (Å²) in [6.07, 6.45) is -0.750. The number of aliphatic hydroxyl groups excluding tert-OH is 1. The van der Waals surface area contributed by atoms with Gasteiger partial charge in [0.1, 0.15) is 10.8 Å². The number of nitrogens with one attached hydrogen (secondary N) is 1. The van der Waals surface area contributed by atoms with E-state index in [0.29, 0.717) is 5.03 Å². The summed E-state index contributed by atoms with van der Waals surface area (Å²) in [5.41, 5.74) is 2.43. The van der Waals surface area contributed by atoms with Gasteiger partial charge in [-0.05, 0) is 23.4 Å². The van der Waals surface area contributed by atoms with E-state index in [1.165, 1.54) is 11.8 Å². The molecule has 2 atom stereocenters. The summed E-state index contributed by atoms with van der Waals surface area (Å²) < 4.78 is 1.73. The van der Waals surface area contributed by atoms with E-state index in [0.717, 1.165) is 16.6 Å². The molecule has 2 aromatic carbocycles. The predicted molar refractivity (Wildman–Crippen MR) is 81.1 cm³/mol. The Hall–Kier alpha value is -2.11. The van der Waals surface area contributed by atoms with Crippen LogP contribution in [0.3, 0.4) is 0 Å². The summed E-state index contributed by atoms with van der Waals surface area (Å²) in [5, 5.41) is 11.1. The molecule has 0 saturated carbocycles. The second-order valence-corrected chi connectivity index (χ2v) is 6.14. The smallest absolute Gasteiger partial charge is 0.328 e. The third kappa shape index (κ3) is 1.89. The van der Waals surface area contributed by atoms with Crippen molar-refractivity contribution in [3.05, 3.63) is 70.5 Å². The quantitative estimate of drug-likeness (QED) is 0.677. The maximum Gasteiger partial charge on any atom is 0.328 e. The summed E-state index contributed by atoms with van der Waals surface area (Å²) in [6, 6.07) is 17.3. The molecule has 21 heavy (non-hydrogen) atoms. The Bertz CT molecular complexity index is 876. The Morgan fingerprint density at radius 1 is 1.05 bits per heavy atom. The molecule has 3 aromatic rings. The van der Waals surface area contributed by atoms with Gasteiger partial charge in [0.2, 0.25) is 5.52 Å². The molecule has 4 rings (SSSR count). The number of thioether (sulfide) groups is 1. The van der Waals surface area contributed by atoms with Crippen LogP contribution in [0.1, 0.15) is 17.0 Å². The average molecular weight is 297 g/mol. The number of aromatic amines is 1. The summed E-state index contributed by atoms with van der Waals surface area (Å²) >= 11 is 1.41. The van der Waals surface area contributed by atoms with E-state index in [-0.39, 0.29) is 10.8 Å². The van der Waals surface area contributed by atoms with Gasteiger partial charge in [-0.25, -0.2) is 0 Å². The zero-order valence-electron chi connectivity index (χ0n) is 11.1. The van der Waals surface area contributed by atoms with E-state index in [4.69, 9.17) is 0 Å². The number of hydrogen-bond acceptors (Lipinski definition) is 3. The van der Waals surface area contributed by atoms with E-state index in [1.807, 2.05) is 54.6 Å². The molecule has 0 aliphatic carbocycles. The Balaban J connectivity index is 1.93. The standard InChI is InChI=1S/C16H12N2O2S/c19-14-16-18(12-9-5-4-8-11(12)17-14)15(20)13(21-16)10-6-2-1-3-7-10/h1-9,13,15,20H/p+1/t13-,15+/m1/s1. The van der Waals surface area contributed by atoms with Crippen molar-refractivity contribution in [3.8, 4) is 0 Å². The van der Waals surface area contributed by atoms with Gasteiger partial charge in [0, 0.05) is 6.07 Å². The third-order valence-electron chi connectivity index (χ3n) is 3.73. The van der Waals surface area contributed by atoms with Crippen molar-refractivity contribution in [1.82, 2.24) is 4.98 Å². The van der Waals surface area contributed by atoms with Crippen molar-refractivity contribution in [1.29, 1.82) is 0 Å². The first kappa shape index (κ1) is 12.6. The molecule has 0 fully saturated rings. The SMILES string of the molecule is O=c1[nH]c2ccccc2[n+]2c1S[C@H](c1ccccc1)[C@@H]2O. The molecule has 1 aliphatic rings. The van der Waals surface area contributed by atoms with Crippen LogP contribution in [0.15, 0.2) is 64.4 Å². The molecule has 2 N–H and O–H groups in total. The van der Waals surface area contributed by atoms with Gasteiger partial charge in [0.15, 0.2) is 0 Å². The largest absolute Gasteiger partial charge is 0.336 e. The van der Waals surface area contributed by atoms with Crippen molar-refractivity contribution in [2.24, 2.45) is 0 Å². The van der Waals surface area contributed by atoms with E-state index in [2.05, 4.69) is 4.98 Å². The Morgan fingerprint density at radius 3 is 2.57 bits per heavy atom. The highest BCUT2D eigenvalue weighted by atomic mass is 32.2. The summed E-state index contributed by atoms with van der Waals surface area (Å²) in [4.78, 5) is 15.1. The molecule has 2 heterocycles. The number of hydrogen-bond donors (Lipinski definition) is 2. The van der Waals surface area contributed by atoms with Gasteiger partial charge in [-0.3, -0.25) is 4.79 Å². The lowest BCUT2D eigenvalue weighted by atomic mass is 10.1. The first-order chi connectivity index (χ1) is 10.3. The Morgan fingerprint density at radius 2 is 1.76 bits per heavy atom. The first-order valence-corrected chi connectivity index (χ1v) is 7.60. The lowest BCUT2D eigenvalue weighted by Gasteiger charge is -2.09. The normalized spacial score (nSPS) is 20.6. The molecule has 0 amide bonds. The topological polar surface area (TPSA) is 57.0 Å². The van der Waals surface area contributed by atoms with E-state index < -0.39 is 6.23 Å². The number of aliphatic hydroxyl groups is 1. The number of H-pyrrole nitrogens is 1. The van der Waals surface area contributed by atoms with Crippen LogP contribution in [0.4, 0.5) is 0 Å². The number of rotatable bonds is 1. The van der Waals surface area contributed by atoms with Crippen LogP contribution in [0.5, 0.6) is 0 Å². The molecule has 0 radical (unpaired) electrons. The van der Waals surface area contributed by atoms with Crippen LogP contribution in [0.2, 0.25) is 0 Å². The maximum atomic E-state index is 12.2. The number of aromatic nitrogens is 2. The fraction of sp³-hybridized carbons (Fsp3) is 0.125. The van der Waals surface area contributed by atoms with E-state index in [1.54, 1.807) is 4.57 Å². The second-order valence-electron chi connectivity index (χ2n) is 5.01. The molecule has 0 unspecified atom stereocenters. The van der Waals surface area contributed by atoms with Gasteiger partial charge in [-0.15, -0.1) is 0 Å². The third-order valence-corrected chi connectivity index (χ3v) is 5.10. The zero-order chi connectivity index (χ0) is 14.4. The van der Waals surface area contributed by atoms with E-state index >= 15 is 0 Å². The predicted octanol–water partition coefficient (Wildman–Crippen LogP) is 2.15. The molecule has 1 aliphatic heterocycles. The highest BCUT2D eigenvalue weighted by Gasteiger charge is 2.44. The van der Waals surface area contributed by atoms with Crippen molar-refractivity contribution < 1.29 is 9.67 Å². The Kier molecular flexibility index (Phi) is 2.83. The van der Waals surface area contributed by atoms with Crippen LogP contribution in [0.25, 0.3) is 11.0 Å². The highest BCUT2D eigenvalue weighted by Crippen LogP contribution is 2.43. The Labute approximate surface area is 125 Å². The molecule has 0 spiro atoms. The lowest BCUT2D eigenvalue weighted by molar-refractivity contribution is -0.764. The minimum absolute atomic E-state index is 0.156. The minimum atomic E-state index is -0.750. The number of benzene rings is 2. The van der Waals surface area contributed by atoms with E-state index in [9.17, 15) is 9.90 Å². The van der Waals surface area contributed by atoms with Gasteiger partial charge in [-0.1, -0.05) is 42.5 Å². The van der Waals surface area contributed by atoms with Gasteiger partial charge < -0.3 is 10.1 Å². The number of nitrogens with zero attached hydrogens (tertiary/aromatic N) is 1. The minimum Gasteiger partial charge on any atom is -0.336 e. The second kappa shape index (κ2) is 4.72. The molecular weight excluding hydrogens is 284 g/mol.